The van der Waals surface area contributed by atoms with Gasteiger partial charge in [0.05, 0.1) is 11.4 Å². The molecule has 0 saturated carbocycles. The third kappa shape index (κ3) is 1.47. The second-order valence-corrected chi connectivity index (χ2v) is 3.15. The molecule has 0 aliphatic heterocycles. The molecule has 0 heterocycles. The Morgan fingerprint density at radius 1 is 1.00 bits per heavy atom. The van der Waals surface area contributed by atoms with E-state index in [1.54, 1.807) is 0 Å². The summed E-state index contributed by atoms with van der Waals surface area (Å²) in [5, 5.41) is 0. The molecule has 2 heteroatoms. The monoisotopic (exact) mass is 164 g/mol. The molecular formula is C10H16N2. The highest BCUT2D eigenvalue weighted by molar-refractivity contribution is 6.49. The van der Waals surface area contributed by atoms with E-state index in [-0.39, 0.29) is 0 Å². The minimum Gasteiger partial charge on any atom is -0.291 e. The molecule has 0 N–H and O–H groups in total. The Morgan fingerprint density at radius 2 is 1.67 bits per heavy atom. The number of allylic oxidation sites excluding steroid dienone is 2. The number of hydrogen-bond donors (Lipinski definition) is 0. The summed E-state index contributed by atoms with van der Waals surface area (Å²) in [7, 11) is 3.68. The molecule has 66 valence electrons. The number of hydrogen-bond acceptors (Lipinski definition) is 2. The topological polar surface area (TPSA) is 24.7 Å². The van der Waals surface area contributed by atoms with Crippen LogP contribution in [0.25, 0.3) is 0 Å². The van der Waals surface area contributed by atoms with Gasteiger partial charge in [-0.3, -0.25) is 9.98 Å². The Balaban J connectivity index is 3.11. The Kier molecular flexibility index (Phi) is 2.79. The van der Waals surface area contributed by atoms with Crippen molar-refractivity contribution in [2.45, 2.75) is 26.7 Å². The fourth-order valence-electron chi connectivity index (χ4n) is 1.54. The van der Waals surface area contributed by atoms with Crippen LogP contribution in [0, 0.1) is 0 Å². The highest BCUT2D eigenvalue weighted by Crippen LogP contribution is 2.20. The van der Waals surface area contributed by atoms with Gasteiger partial charge in [-0.25, -0.2) is 0 Å². The van der Waals surface area contributed by atoms with Gasteiger partial charge in [0.1, 0.15) is 0 Å². The van der Waals surface area contributed by atoms with E-state index in [4.69, 9.17) is 0 Å². The fourth-order valence-corrected chi connectivity index (χ4v) is 1.54. The maximum atomic E-state index is 4.26. The summed E-state index contributed by atoms with van der Waals surface area (Å²) in [5.41, 5.74) is 5.01. The molecule has 0 radical (unpaired) electrons. The van der Waals surface area contributed by atoms with E-state index >= 15 is 0 Å². The van der Waals surface area contributed by atoms with Crippen molar-refractivity contribution in [2.24, 2.45) is 9.98 Å². The minimum absolute atomic E-state index is 1.05. The zero-order chi connectivity index (χ0) is 9.14. The molecule has 0 aromatic heterocycles. The summed E-state index contributed by atoms with van der Waals surface area (Å²) in [6.07, 6.45) is 2.18. The van der Waals surface area contributed by atoms with Crippen LogP contribution in [0.1, 0.15) is 26.7 Å². The first-order valence-corrected chi connectivity index (χ1v) is 4.30. The van der Waals surface area contributed by atoms with Gasteiger partial charge in [0.15, 0.2) is 0 Å². The molecule has 0 fully saturated rings. The third-order valence-corrected chi connectivity index (χ3v) is 2.50. The highest BCUT2D eigenvalue weighted by Gasteiger charge is 2.17. The minimum atomic E-state index is 1.05. The number of aliphatic imine (C=N–C) groups is 2. The predicted molar refractivity (Wildman–Crippen MR) is 54.3 cm³/mol. The molecule has 2 nitrogen and oxygen atoms in total. The van der Waals surface area contributed by atoms with E-state index in [1.165, 1.54) is 11.1 Å². The van der Waals surface area contributed by atoms with Crippen molar-refractivity contribution >= 4 is 11.4 Å². The van der Waals surface area contributed by atoms with Crippen LogP contribution >= 0.6 is 0 Å². The normalized spacial score (nSPS) is 25.7. The van der Waals surface area contributed by atoms with Gasteiger partial charge in [-0.2, -0.15) is 0 Å². The maximum Gasteiger partial charge on any atom is 0.0809 e. The molecule has 0 unspecified atom stereocenters. The van der Waals surface area contributed by atoms with Crippen LogP contribution in [0.2, 0.25) is 0 Å². The van der Waals surface area contributed by atoms with E-state index in [1.807, 2.05) is 14.1 Å². The smallest absolute Gasteiger partial charge is 0.0809 e. The average molecular weight is 164 g/mol. The lowest BCUT2D eigenvalue weighted by Crippen LogP contribution is -2.21. The molecule has 0 amide bonds. The van der Waals surface area contributed by atoms with E-state index in [0.29, 0.717) is 0 Å². The SMILES string of the molecule is CN=C1CCC(C)=C(C)C1=NC. The first-order chi connectivity index (χ1) is 5.70. The van der Waals surface area contributed by atoms with Crippen molar-refractivity contribution in [1.29, 1.82) is 0 Å². The molecule has 12 heavy (non-hydrogen) atoms. The standard InChI is InChI=1S/C10H16N2/c1-7-5-6-9(11-3)10(12-4)8(7)2/h5-6H2,1-4H3. The number of nitrogens with zero attached hydrogens (tertiary/aromatic N) is 2. The molecule has 0 saturated heterocycles. The summed E-state index contributed by atoms with van der Waals surface area (Å²) < 4.78 is 0. The zero-order valence-electron chi connectivity index (χ0n) is 8.31. The van der Waals surface area contributed by atoms with Crippen LogP contribution in [0.15, 0.2) is 21.1 Å². The Hall–Kier alpha value is -0.920. The molecule has 0 atom stereocenters. The van der Waals surface area contributed by atoms with Gasteiger partial charge in [0, 0.05) is 14.1 Å². The molecule has 0 spiro atoms. The van der Waals surface area contributed by atoms with Gasteiger partial charge in [0.25, 0.3) is 0 Å². The van der Waals surface area contributed by atoms with Crippen molar-refractivity contribution in [3.63, 3.8) is 0 Å². The molecular weight excluding hydrogens is 148 g/mol. The van der Waals surface area contributed by atoms with Gasteiger partial charge >= 0.3 is 0 Å². The maximum absolute atomic E-state index is 4.26. The van der Waals surface area contributed by atoms with Gasteiger partial charge < -0.3 is 0 Å². The quantitative estimate of drug-likeness (QED) is 0.524. The van der Waals surface area contributed by atoms with Crippen molar-refractivity contribution in [3.8, 4) is 0 Å². The second-order valence-electron chi connectivity index (χ2n) is 3.15. The van der Waals surface area contributed by atoms with Crippen LogP contribution in [0.3, 0.4) is 0 Å². The molecule has 0 bridgehead atoms. The summed E-state index contributed by atoms with van der Waals surface area (Å²) in [6.45, 7) is 4.30. The average Bonchev–Trinajstić information content (AvgIpc) is 2.09. The predicted octanol–water partition coefficient (Wildman–Crippen LogP) is 2.26. The van der Waals surface area contributed by atoms with E-state index in [2.05, 4.69) is 23.8 Å². The number of rotatable bonds is 0. The highest BCUT2D eigenvalue weighted by atomic mass is 14.8. The van der Waals surface area contributed by atoms with Gasteiger partial charge in [-0.1, -0.05) is 5.57 Å². The molecule has 1 aliphatic rings. The summed E-state index contributed by atoms with van der Waals surface area (Å²) in [4.78, 5) is 8.50. The van der Waals surface area contributed by atoms with Crippen LogP contribution in [-0.2, 0) is 0 Å². The first kappa shape index (κ1) is 9.17. The lowest BCUT2D eigenvalue weighted by atomic mass is 9.90. The van der Waals surface area contributed by atoms with Gasteiger partial charge in [0.2, 0.25) is 0 Å². The van der Waals surface area contributed by atoms with Crippen molar-refractivity contribution in [1.82, 2.24) is 0 Å². The third-order valence-electron chi connectivity index (χ3n) is 2.50. The Morgan fingerprint density at radius 3 is 2.17 bits per heavy atom. The van der Waals surface area contributed by atoms with Gasteiger partial charge in [-0.15, -0.1) is 0 Å². The zero-order valence-corrected chi connectivity index (χ0v) is 8.31. The van der Waals surface area contributed by atoms with Crippen LogP contribution in [0.5, 0.6) is 0 Å². The van der Waals surface area contributed by atoms with Crippen LogP contribution in [0.4, 0.5) is 0 Å². The van der Waals surface area contributed by atoms with Crippen LogP contribution in [-0.4, -0.2) is 25.5 Å². The Bertz CT molecular complexity index is 270. The molecule has 0 aromatic rings. The fraction of sp³-hybridized carbons (Fsp3) is 0.600. The summed E-state index contributed by atoms with van der Waals surface area (Å²) in [5.74, 6) is 0. The van der Waals surface area contributed by atoms with E-state index < -0.39 is 0 Å². The van der Waals surface area contributed by atoms with Crippen molar-refractivity contribution in [2.75, 3.05) is 14.1 Å². The lowest BCUT2D eigenvalue weighted by molar-refractivity contribution is 0.982. The largest absolute Gasteiger partial charge is 0.291 e. The second kappa shape index (κ2) is 3.65. The summed E-state index contributed by atoms with van der Waals surface area (Å²) >= 11 is 0. The van der Waals surface area contributed by atoms with Crippen molar-refractivity contribution < 1.29 is 0 Å². The van der Waals surface area contributed by atoms with E-state index in [9.17, 15) is 0 Å². The van der Waals surface area contributed by atoms with Crippen molar-refractivity contribution in [3.05, 3.63) is 11.1 Å². The summed E-state index contributed by atoms with van der Waals surface area (Å²) in [6, 6.07) is 0. The molecule has 0 aromatic carbocycles. The first-order valence-electron chi connectivity index (χ1n) is 4.30. The van der Waals surface area contributed by atoms with Gasteiger partial charge in [-0.05, 0) is 32.3 Å². The molecule has 1 rings (SSSR count). The molecule has 1 aliphatic carbocycles. The lowest BCUT2D eigenvalue weighted by Gasteiger charge is -2.18. The Labute approximate surface area is 74.1 Å². The van der Waals surface area contributed by atoms with E-state index in [0.717, 1.165) is 24.3 Å². The van der Waals surface area contributed by atoms with Crippen LogP contribution < -0.4 is 0 Å².